The first-order valence-electron chi connectivity index (χ1n) is 10.4. The fourth-order valence-corrected chi connectivity index (χ4v) is 3.41. The van der Waals surface area contributed by atoms with Gasteiger partial charge in [0.2, 0.25) is 0 Å². The molecule has 0 atom stereocenters. The Kier molecular flexibility index (Phi) is 6.07. The predicted octanol–water partition coefficient (Wildman–Crippen LogP) is 4.98. The molecule has 0 spiro atoms. The summed E-state index contributed by atoms with van der Waals surface area (Å²) in [6, 6.07) is 15.9. The molecule has 0 saturated heterocycles. The molecule has 32 heavy (non-hydrogen) atoms. The third kappa shape index (κ3) is 4.72. The molecule has 7 heteroatoms. The molecule has 0 bridgehead atoms. The van der Waals surface area contributed by atoms with Crippen molar-refractivity contribution in [1.82, 2.24) is 14.9 Å². The van der Waals surface area contributed by atoms with E-state index in [-0.39, 0.29) is 18.2 Å². The van der Waals surface area contributed by atoms with Gasteiger partial charge in [-0.2, -0.15) is 5.10 Å². The first kappa shape index (κ1) is 21.4. The molecule has 0 fully saturated rings. The molecule has 1 N–H and O–H groups in total. The first-order valence-corrected chi connectivity index (χ1v) is 10.4. The SMILES string of the molecule is Cc1ccc(C)c(OCc2c(C(=O)Nc3ccn(Cc4ccccc4C)n3)noc2C)c1. The highest BCUT2D eigenvalue weighted by molar-refractivity contribution is 6.03. The average Bonchev–Trinajstić information content (AvgIpc) is 3.36. The molecule has 2 heterocycles. The number of carbonyl (C=O) groups is 1. The maximum atomic E-state index is 12.9. The minimum absolute atomic E-state index is 0.185. The van der Waals surface area contributed by atoms with Crippen molar-refractivity contribution >= 4 is 11.7 Å². The van der Waals surface area contributed by atoms with Gasteiger partial charge in [-0.15, -0.1) is 0 Å². The van der Waals surface area contributed by atoms with Crippen LogP contribution in [0.5, 0.6) is 5.75 Å². The lowest BCUT2D eigenvalue weighted by Gasteiger charge is -2.10. The lowest BCUT2D eigenvalue weighted by atomic mass is 10.1. The summed E-state index contributed by atoms with van der Waals surface area (Å²) >= 11 is 0. The Morgan fingerprint density at radius 3 is 2.69 bits per heavy atom. The fraction of sp³-hybridized carbons (Fsp3) is 0.240. The second-order valence-electron chi connectivity index (χ2n) is 7.90. The third-order valence-electron chi connectivity index (χ3n) is 5.39. The average molecular weight is 431 g/mol. The predicted molar refractivity (Wildman–Crippen MR) is 122 cm³/mol. The van der Waals surface area contributed by atoms with Crippen LogP contribution in [-0.4, -0.2) is 20.8 Å². The van der Waals surface area contributed by atoms with Crippen molar-refractivity contribution in [3.05, 3.63) is 94.0 Å². The van der Waals surface area contributed by atoms with Gasteiger partial charge in [0.25, 0.3) is 5.91 Å². The number of carbonyl (C=O) groups excluding carboxylic acids is 1. The number of aryl methyl sites for hydroxylation is 4. The molecular formula is C25H26N4O3. The van der Waals surface area contributed by atoms with E-state index in [4.69, 9.17) is 9.26 Å². The van der Waals surface area contributed by atoms with Gasteiger partial charge >= 0.3 is 0 Å². The summed E-state index contributed by atoms with van der Waals surface area (Å²) in [4.78, 5) is 12.9. The topological polar surface area (TPSA) is 82.2 Å². The van der Waals surface area contributed by atoms with Crippen molar-refractivity contribution < 1.29 is 14.1 Å². The van der Waals surface area contributed by atoms with E-state index < -0.39 is 0 Å². The van der Waals surface area contributed by atoms with Gasteiger partial charge in [0, 0.05) is 12.3 Å². The normalized spacial score (nSPS) is 10.9. The fourth-order valence-electron chi connectivity index (χ4n) is 3.41. The quantitative estimate of drug-likeness (QED) is 0.447. The second kappa shape index (κ2) is 9.09. The molecule has 0 aliphatic rings. The monoisotopic (exact) mass is 430 g/mol. The molecule has 0 saturated carbocycles. The van der Waals surface area contributed by atoms with Crippen LogP contribution in [0.1, 0.15) is 44.1 Å². The van der Waals surface area contributed by atoms with Crippen LogP contribution < -0.4 is 10.1 Å². The molecule has 1 amide bonds. The molecular weight excluding hydrogens is 404 g/mol. The van der Waals surface area contributed by atoms with Gasteiger partial charge in [0.1, 0.15) is 18.1 Å². The van der Waals surface area contributed by atoms with Gasteiger partial charge < -0.3 is 14.6 Å². The Morgan fingerprint density at radius 2 is 1.88 bits per heavy atom. The summed E-state index contributed by atoms with van der Waals surface area (Å²) in [5.41, 5.74) is 5.30. The zero-order valence-electron chi connectivity index (χ0n) is 18.7. The molecule has 0 radical (unpaired) electrons. The van der Waals surface area contributed by atoms with Crippen LogP contribution >= 0.6 is 0 Å². The highest BCUT2D eigenvalue weighted by atomic mass is 16.5. The Hall–Kier alpha value is -3.87. The van der Waals surface area contributed by atoms with E-state index >= 15 is 0 Å². The first-order chi connectivity index (χ1) is 15.4. The minimum Gasteiger partial charge on any atom is -0.488 e. The number of rotatable bonds is 7. The number of hydrogen-bond acceptors (Lipinski definition) is 5. The summed E-state index contributed by atoms with van der Waals surface area (Å²) in [5.74, 6) is 1.38. The van der Waals surface area contributed by atoms with E-state index in [1.165, 1.54) is 11.1 Å². The summed E-state index contributed by atoms with van der Waals surface area (Å²) in [5, 5.41) is 11.2. The lowest BCUT2D eigenvalue weighted by molar-refractivity contribution is 0.101. The highest BCUT2D eigenvalue weighted by Crippen LogP contribution is 2.23. The Balaban J connectivity index is 1.45. The largest absolute Gasteiger partial charge is 0.488 e. The molecule has 164 valence electrons. The van der Waals surface area contributed by atoms with Gasteiger partial charge in [0.05, 0.1) is 12.1 Å². The number of anilines is 1. The minimum atomic E-state index is -0.387. The maximum Gasteiger partial charge on any atom is 0.279 e. The van der Waals surface area contributed by atoms with Crippen LogP contribution in [0.2, 0.25) is 0 Å². The molecule has 7 nitrogen and oxygen atoms in total. The molecule has 4 aromatic rings. The zero-order chi connectivity index (χ0) is 22.7. The van der Waals surface area contributed by atoms with Crippen molar-refractivity contribution in [3.8, 4) is 5.75 Å². The molecule has 0 aliphatic heterocycles. The van der Waals surface area contributed by atoms with Gasteiger partial charge in [-0.3, -0.25) is 9.48 Å². The summed E-state index contributed by atoms with van der Waals surface area (Å²) in [6.45, 7) is 8.63. The van der Waals surface area contributed by atoms with Gasteiger partial charge in [0.15, 0.2) is 11.5 Å². The van der Waals surface area contributed by atoms with Crippen molar-refractivity contribution in [2.75, 3.05) is 5.32 Å². The third-order valence-corrected chi connectivity index (χ3v) is 5.39. The number of ether oxygens (including phenoxy) is 1. The van der Waals surface area contributed by atoms with Crippen LogP contribution in [-0.2, 0) is 13.2 Å². The highest BCUT2D eigenvalue weighted by Gasteiger charge is 2.21. The molecule has 2 aromatic heterocycles. The van der Waals surface area contributed by atoms with Crippen molar-refractivity contribution in [3.63, 3.8) is 0 Å². The zero-order valence-corrected chi connectivity index (χ0v) is 18.7. The molecule has 4 rings (SSSR count). The van der Waals surface area contributed by atoms with E-state index in [0.29, 0.717) is 23.7 Å². The lowest BCUT2D eigenvalue weighted by Crippen LogP contribution is -2.16. The molecule has 2 aromatic carbocycles. The number of benzene rings is 2. The Bertz CT molecular complexity index is 1260. The standard InChI is InChI=1S/C25H26N4O3/c1-16-9-10-18(3)22(13-16)31-15-21-19(4)32-28-24(21)25(30)26-23-11-12-29(27-23)14-20-8-6-5-7-17(20)2/h5-13H,14-15H2,1-4H3,(H,26,27,30). The summed E-state index contributed by atoms with van der Waals surface area (Å²) in [6.07, 6.45) is 1.83. The van der Waals surface area contributed by atoms with Crippen molar-refractivity contribution in [2.24, 2.45) is 0 Å². The van der Waals surface area contributed by atoms with Gasteiger partial charge in [-0.1, -0.05) is 41.6 Å². The van der Waals surface area contributed by atoms with Crippen LogP contribution in [0.25, 0.3) is 0 Å². The van der Waals surface area contributed by atoms with E-state index in [1.807, 2.05) is 50.4 Å². The second-order valence-corrected chi connectivity index (χ2v) is 7.90. The Labute approximate surface area is 187 Å². The van der Waals surface area contributed by atoms with E-state index in [2.05, 4.69) is 34.6 Å². The number of aromatic nitrogens is 3. The number of hydrogen-bond donors (Lipinski definition) is 1. The Morgan fingerprint density at radius 1 is 1.06 bits per heavy atom. The van der Waals surface area contributed by atoms with Crippen LogP contribution in [0, 0.1) is 27.7 Å². The van der Waals surface area contributed by atoms with Crippen molar-refractivity contribution in [2.45, 2.75) is 40.8 Å². The molecule has 0 unspecified atom stereocenters. The van der Waals surface area contributed by atoms with E-state index in [9.17, 15) is 4.79 Å². The number of nitrogens with zero attached hydrogens (tertiary/aromatic N) is 3. The van der Waals surface area contributed by atoms with E-state index in [0.717, 1.165) is 16.9 Å². The smallest absolute Gasteiger partial charge is 0.279 e. The molecule has 0 aliphatic carbocycles. The summed E-state index contributed by atoms with van der Waals surface area (Å²) < 4.78 is 13.0. The van der Waals surface area contributed by atoms with Crippen molar-refractivity contribution in [1.29, 1.82) is 0 Å². The van der Waals surface area contributed by atoms with Crippen LogP contribution in [0.3, 0.4) is 0 Å². The summed E-state index contributed by atoms with van der Waals surface area (Å²) in [7, 11) is 0. The number of amides is 1. The maximum absolute atomic E-state index is 12.9. The van der Waals surface area contributed by atoms with Crippen LogP contribution in [0.4, 0.5) is 5.82 Å². The van der Waals surface area contributed by atoms with E-state index in [1.54, 1.807) is 17.7 Å². The van der Waals surface area contributed by atoms with Crippen LogP contribution in [0.15, 0.2) is 59.3 Å². The van der Waals surface area contributed by atoms with Gasteiger partial charge in [-0.25, -0.2) is 0 Å². The van der Waals surface area contributed by atoms with Gasteiger partial charge in [-0.05, 0) is 56.0 Å². The number of nitrogens with one attached hydrogen (secondary N) is 1.